The van der Waals surface area contributed by atoms with Gasteiger partial charge in [0.1, 0.15) is 0 Å². The quantitative estimate of drug-likeness (QED) is 0.168. The van der Waals surface area contributed by atoms with Crippen LogP contribution in [-0.4, -0.2) is 6.71 Å². The van der Waals surface area contributed by atoms with Gasteiger partial charge in [0.15, 0.2) is 0 Å². The lowest BCUT2D eigenvalue weighted by molar-refractivity contribution is 0.552. The molecule has 0 saturated heterocycles. The van der Waals surface area contributed by atoms with E-state index in [9.17, 15) is 0 Å². The first-order valence-corrected chi connectivity index (χ1v) is 18.6. The molecular weight excluding hydrogens is 645 g/mol. The Morgan fingerprint density at radius 1 is 0.509 bits per heavy atom. The number of nitrogens with zero attached hydrogens (tertiary/aromatic N) is 3. The first-order valence-electron chi connectivity index (χ1n) is 18.6. The van der Waals surface area contributed by atoms with Gasteiger partial charge < -0.3 is 19.1 Å². The van der Waals surface area contributed by atoms with Gasteiger partial charge >= 0.3 is 0 Å². The molecule has 4 nitrogen and oxygen atoms in total. The van der Waals surface area contributed by atoms with E-state index in [4.69, 9.17) is 4.42 Å². The van der Waals surface area contributed by atoms with Crippen molar-refractivity contribution in [3.8, 4) is 0 Å². The van der Waals surface area contributed by atoms with Crippen LogP contribution in [0.2, 0.25) is 0 Å². The van der Waals surface area contributed by atoms with E-state index in [0.717, 1.165) is 56.8 Å². The predicted molar refractivity (Wildman–Crippen MR) is 225 cm³/mol. The highest BCUT2D eigenvalue weighted by Gasteiger charge is 2.48. The van der Waals surface area contributed by atoms with E-state index >= 15 is 0 Å². The van der Waals surface area contributed by atoms with E-state index in [1.165, 1.54) is 22.1 Å². The highest BCUT2D eigenvalue weighted by molar-refractivity contribution is 6.99. The zero-order valence-corrected chi connectivity index (χ0v) is 31.3. The maximum absolute atomic E-state index is 6.84. The van der Waals surface area contributed by atoms with Crippen molar-refractivity contribution >= 4 is 74.5 Å². The minimum absolute atomic E-state index is 0.0355. The summed E-state index contributed by atoms with van der Waals surface area (Å²) in [5.41, 5.74) is 15.9. The third kappa shape index (κ3) is 5.45. The van der Waals surface area contributed by atoms with Crippen LogP contribution in [0, 0.1) is 0 Å². The van der Waals surface area contributed by atoms with Crippen LogP contribution >= 0.6 is 0 Å². The number of rotatable bonds is 5. The summed E-state index contributed by atoms with van der Waals surface area (Å²) in [5, 5.41) is 0. The summed E-state index contributed by atoms with van der Waals surface area (Å²) in [4.78, 5) is 7.31. The molecule has 53 heavy (non-hydrogen) atoms. The molecule has 0 aliphatic carbocycles. The molecule has 0 radical (unpaired) electrons. The molecule has 0 N–H and O–H groups in total. The Morgan fingerprint density at radius 2 is 1.04 bits per heavy atom. The molecule has 0 fully saturated rings. The van der Waals surface area contributed by atoms with Crippen molar-refractivity contribution in [3.63, 3.8) is 0 Å². The Hall–Kier alpha value is -5.94. The van der Waals surface area contributed by atoms with Gasteiger partial charge in [0.25, 0.3) is 6.71 Å². The summed E-state index contributed by atoms with van der Waals surface area (Å²) in [6.45, 7) is 13.6. The number of para-hydroxylation sites is 4. The predicted octanol–water partition coefficient (Wildman–Crippen LogP) is 11.4. The fourth-order valence-corrected chi connectivity index (χ4v) is 8.19. The number of hydrogen-bond acceptors (Lipinski definition) is 4. The maximum atomic E-state index is 6.84. The Labute approximate surface area is 314 Å². The van der Waals surface area contributed by atoms with E-state index in [0.29, 0.717) is 0 Å². The van der Waals surface area contributed by atoms with E-state index in [2.05, 4.69) is 208 Å². The number of hydrogen-bond donors (Lipinski definition) is 0. The molecule has 9 rings (SSSR count). The minimum atomic E-state index is -0.164. The van der Waals surface area contributed by atoms with Crippen LogP contribution in [0.25, 0.3) is 0 Å². The lowest BCUT2D eigenvalue weighted by atomic mass is 9.35. The highest BCUT2D eigenvalue weighted by Crippen LogP contribution is 2.50. The van der Waals surface area contributed by atoms with Crippen molar-refractivity contribution in [3.05, 3.63) is 169 Å². The molecule has 5 heteroatoms. The highest BCUT2D eigenvalue weighted by atomic mass is 16.3. The minimum Gasteiger partial charge on any atom is -0.476 e. The second-order valence-corrected chi connectivity index (χ2v) is 16.3. The van der Waals surface area contributed by atoms with Crippen LogP contribution in [0.15, 0.2) is 162 Å². The summed E-state index contributed by atoms with van der Waals surface area (Å²) >= 11 is 0. The van der Waals surface area contributed by atoms with Gasteiger partial charge in [-0.2, -0.15) is 0 Å². The first kappa shape index (κ1) is 32.9. The van der Waals surface area contributed by atoms with E-state index < -0.39 is 0 Å². The van der Waals surface area contributed by atoms with Crippen molar-refractivity contribution in [2.45, 2.75) is 52.4 Å². The molecule has 0 amide bonds. The molecule has 6 aromatic carbocycles. The van der Waals surface area contributed by atoms with Gasteiger partial charge in [0.2, 0.25) is 0 Å². The van der Waals surface area contributed by atoms with Crippen molar-refractivity contribution in [2.24, 2.45) is 0 Å². The summed E-state index contributed by atoms with van der Waals surface area (Å²) in [7, 11) is 0. The molecule has 0 saturated carbocycles. The normalized spacial score (nSPS) is 13.4. The standard InChI is InChI=1S/C48H44BN3O/c1-47(2,3)33-26-28-37(29-27-33)52-43-31-38(50(34-18-10-7-11-19-34)35-20-12-8-13-21-35)30-42-44(43)49(46-45(52)39(32-53-46)48(4,5)6)40-24-16-17-25-41(40)51(42)36-22-14-9-15-23-36/h7-32H,1-6H3. The molecule has 7 aromatic rings. The molecule has 2 aliphatic heterocycles. The zero-order chi connectivity index (χ0) is 36.5. The number of fused-ring (bicyclic) bond motifs is 4. The average Bonchev–Trinajstić information content (AvgIpc) is 3.62. The fourth-order valence-electron chi connectivity index (χ4n) is 8.19. The lowest BCUT2D eigenvalue weighted by Crippen LogP contribution is -2.61. The van der Waals surface area contributed by atoms with Gasteiger partial charge in [-0.3, -0.25) is 0 Å². The van der Waals surface area contributed by atoms with Gasteiger partial charge in [0.05, 0.1) is 23.3 Å². The molecule has 0 bridgehead atoms. The van der Waals surface area contributed by atoms with Crippen molar-refractivity contribution in [2.75, 3.05) is 14.7 Å². The maximum Gasteiger partial charge on any atom is 0.297 e. The first-order chi connectivity index (χ1) is 25.6. The lowest BCUT2D eigenvalue weighted by Gasteiger charge is -2.44. The SMILES string of the molecule is CC(C)(C)c1ccc(N2c3cc(N(c4ccccc4)c4ccccc4)cc4c3B(c3ccccc3N4c3ccccc3)c3occ(C(C)(C)C)c32)cc1. The van der Waals surface area contributed by atoms with Gasteiger partial charge in [0, 0.05) is 45.4 Å². The van der Waals surface area contributed by atoms with Crippen molar-refractivity contribution < 1.29 is 4.42 Å². The van der Waals surface area contributed by atoms with Crippen LogP contribution in [0.1, 0.15) is 52.7 Å². The van der Waals surface area contributed by atoms with E-state index in [-0.39, 0.29) is 17.5 Å². The molecule has 2 aliphatic rings. The second kappa shape index (κ2) is 12.3. The second-order valence-electron chi connectivity index (χ2n) is 16.3. The smallest absolute Gasteiger partial charge is 0.297 e. The summed E-state index contributed by atoms with van der Waals surface area (Å²) in [5.74, 6) is 0. The molecule has 1 aromatic heterocycles. The van der Waals surface area contributed by atoms with Gasteiger partial charge in [-0.05, 0) is 94.0 Å². The third-order valence-corrected chi connectivity index (χ3v) is 10.8. The van der Waals surface area contributed by atoms with Gasteiger partial charge in [-0.15, -0.1) is 0 Å². The molecular formula is C48H44BN3O. The van der Waals surface area contributed by atoms with Crippen LogP contribution in [-0.2, 0) is 10.8 Å². The number of anilines is 9. The average molecular weight is 690 g/mol. The van der Waals surface area contributed by atoms with Crippen LogP contribution in [0.3, 0.4) is 0 Å². The Morgan fingerprint density at radius 3 is 1.62 bits per heavy atom. The van der Waals surface area contributed by atoms with Gasteiger partial charge in [-0.25, -0.2) is 0 Å². The monoisotopic (exact) mass is 689 g/mol. The Bertz CT molecular complexity index is 2380. The Kier molecular flexibility index (Phi) is 7.67. The molecule has 0 unspecified atom stereocenters. The topological polar surface area (TPSA) is 22.9 Å². The van der Waals surface area contributed by atoms with Crippen LogP contribution in [0.4, 0.5) is 51.2 Å². The Balaban J connectivity index is 1.41. The van der Waals surface area contributed by atoms with Crippen molar-refractivity contribution in [1.29, 1.82) is 0 Å². The molecule has 3 heterocycles. The van der Waals surface area contributed by atoms with Crippen LogP contribution < -0.4 is 31.3 Å². The zero-order valence-electron chi connectivity index (χ0n) is 31.3. The summed E-state index contributed by atoms with van der Waals surface area (Å²) in [6.07, 6.45) is 2.01. The summed E-state index contributed by atoms with van der Waals surface area (Å²) in [6, 6.07) is 55.0. The fraction of sp³-hybridized carbons (Fsp3) is 0.167. The molecule has 260 valence electrons. The van der Waals surface area contributed by atoms with Gasteiger partial charge in [-0.1, -0.05) is 126 Å². The largest absolute Gasteiger partial charge is 0.476 e. The third-order valence-electron chi connectivity index (χ3n) is 10.8. The van der Waals surface area contributed by atoms with E-state index in [1.54, 1.807) is 0 Å². The van der Waals surface area contributed by atoms with Crippen molar-refractivity contribution in [1.82, 2.24) is 0 Å². The van der Waals surface area contributed by atoms with Crippen LogP contribution in [0.5, 0.6) is 0 Å². The number of benzene rings is 6. The summed E-state index contributed by atoms with van der Waals surface area (Å²) < 4.78 is 6.84. The molecule has 0 spiro atoms. The van der Waals surface area contributed by atoms with E-state index in [1.807, 2.05) is 6.26 Å². The molecule has 0 atom stereocenters. The number of furan rings is 1.